The molecule has 2 aromatic rings. The maximum Gasteiger partial charge on any atom is 0.273 e. The van der Waals surface area contributed by atoms with Crippen molar-refractivity contribution >= 4 is 50.2 Å². The van der Waals surface area contributed by atoms with Gasteiger partial charge in [-0.3, -0.25) is 4.72 Å². The lowest BCUT2D eigenvalue weighted by Crippen LogP contribution is -2.12. The molecule has 2 rings (SSSR count). The number of thiazole rings is 1. The van der Waals surface area contributed by atoms with E-state index in [0.717, 1.165) is 11.3 Å². The van der Waals surface area contributed by atoms with Crippen molar-refractivity contribution in [3.8, 4) is 0 Å². The van der Waals surface area contributed by atoms with Gasteiger partial charge in [-0.25, -0.2) is 13.4 Å². The van der Waals surface area contributed by atoms with E-state index in [1.54, 1.807) is 31.2 Å². The number of nitrogens with one attached hydrogen (secondary N) is 1. The molecule has 1 N–H and O–H groups in total. The van der Waals surface area contributed by atoms with E-state index in [1.165, 1.54) is 0 Å². The summed E-state index contributed by atoms with van der Waals surface area (Å²) in [7, 11) is -3.71. The molecule has 0 aliphatic carbocycles. The molecule has 1 heterocycles. The number of hydrogen-bond acceptors (Lipinski definition) is 4. The Hall–Kier alpha value is -0.820. The van der Waals surface area contributed by atoms with Crippen molar-refractivity contribution in [3.05, 3.63) is 39.4 Å². The summed E-state index contributed by atoms with van der Waals surface area (Å²) in [6.45, 7) is 1.59. The summed E-state index contributed by atoms with van der Waals surface area (Å²) in [6, 6.07) is 6.59. The first-order valence-electron chi connectivity index (χ1n) is 4.80. The number of aromatic nitrogens is 1. The van der Waals surface area contributed by atoms with Gasteiger partial charge in [0, 0.05) is 0 Å². The highest BCUT2D eigenvalue weighted by molar-refractivity contribution is 7.94. The molecule has 0 aliphatic rings. The SMILES string of the molecule is Cc1nc(Cl)sc1S(=O)(=O)Nc1ccccc1Cl. The number of nitrogens with zero attached hydrogens (tertiary/aromatic N) is 1. The normalized spacial score (nSPS) is 11.5. The Morgan fingerprint density at radius 3 is 2.50 bits per heavy atom. The van der Waals surface area contributed by atoms with Crippen LogP contribution in [0.15, 0.2) is 28.5 Å². The highest BCUT2D eigenvalue weighted by atomic mass is 35.5. The largest absolute Gasteiger partial charge is 0.277 e. The monoisotopic (exact) mass is 322 g/mol. The van der Waals surface area contributed by atoms with Crippen LogP contribution in [0.3, 0.4) is 0 Å². The van der Waals surface area contributed by atoms with Crippen LogP contribution in [0.4, 0.5) is 5.69 Å². The van der Waals surface area contributed by atoms with Gasteiger partial charge in [0.05, 0.1) is 16.4 Å². The minimum Gasteiger partial charge on any atom is -0.277 e. The van der Waals surface area contributed by atoms with Gasteiger partial charge >= 0.3 is 0 Å². The van der Waals surface area contributed by atoms with E-state index >= 15 is 0 Å². The summed E-state index contributed by atoms with van der Waals surface area (Å²) in [5, 5.41) is 0.328. The van der Waals surface area contributed by atoms with Crippen molar-refractivity contribution in [1.82, 2.24) is 4.98 Å². The van der Waals surface area contributed by atoms with Crippen LogP contribution in [0.25, 0.3) is 0 Å². The Kier molecular flexibility index (Phi) is 3.82. The number of sulfonamides is 1. The summed E-state index contributed by atoms with van der Waals surface area (Å²) in [6.07, 6.45) is 0. The number of para-hydroxylation sites is 1. The molecule has 0 spiro atoms. The molecular weight excluding hydrogens is 315 g/mol. The number of halogens is 2. The molecule has 1 aromatic heterocycles. The summed E-state index contributed by atoms with van der Waals surface area (Å²) in [5.41, 5.74) is 0.688. The predicted molar refractivity (Wildman–Crippen MR) is 74.1 cm³/mol. The van der Waals surface area contributed by atoms with Gasteiger partial charge in [-0.05, 0) is 19.1 Å². The molecule has 0 amide bonds. The van der Waals surface area contributed by atoms with Gasteiger partial charge < -0.3 is 0 Å². The van der Waals surface area contributed by atoms with E-state index in [0.29, 0.717) is 16.4 Å². The van der Waals surface area contributed by atoms with Crippen molar-refractivity contribution in [1.29, 1.82) is 0 Å². The van der Waals surface area contributed by atoms with Gasteiger partial charge in [0.15, 0.2) is 8.68 Å². The average Bonchev–Trinajstić information content (AvgIpc) is 2.62. The summed E-state index contributed by atoms with van der Waals surface area (Å²) < 4.78 is 26.9. The molecule has 0 aliphatic heterocycles. The molecule has 8 heteroatoms. The second-order valence-electron chi connectivity index (χ2n) is 3.43. The van der Waals surface area contributed by atoms with Crippen LogP contribution in [0.2, 0.25) is 9.49 Å². The molecule has 0 saturated carbocycles. The van der Waals surface area contributed by atoms with Gasteiger partial charge in [0.1, 0.15) is 0 Å². The van der Waals surface area contributed by atoms with E-state index in [4.69, 9.17) is 23.2 Å². The van der Waals surface area contributed by atoms with Crippen molar-refractivity contribution < 1.29 is 8.42 Å². The number of rotatable bonds is 3. The first-order valence-corrected chi connectivity index (χ1v) is 7.86. The maximum absolute atomic E-state index is 12.1. The van der Waals surface area contributed by atoms with Crippen LogP contribution < -0.4 is 4.72 Å². The Morgan fingerprint density at radius 1 is 1.28 bits per heavy atom. The van der Waals surface area contributed by atoms with Crippen molar-refractivity contribution in [2.45, 2.75) is 11.1 Å². The number of hydrogen-bond donors (Lipinski definition) is 1. The van der Waals surface area contributed by atoms with Crippen LogP contribution in [-0.4, -0.2) is 13.4 Å². The van der Waals surface area contributed by atoms with Crippen LogP contribution >= 0.6 is 34.5 Å². The first kappa shape index (κ1) is 13.6. The third-order valence-electron chi connectivity index (χ3n) is 2.09. The predicted octanol–water partition coefficient (Wildman–Crippen LogP) is 3.56. The van der Waals surface area contributed by atoms with E-state index < -0.39 is 10.0 Å². The van der Waals surface area contributed by atoms with Crippen LogP contribution in [0.5, 0.6) is 0 Å². The van der Waals surface area contributed by atoms with Gasteiger partial charge in [-0.1, -0.05) is 46.7 Å². The third-order valence-corrected chi connectivity index (χ3v) is 5.66. The zero-order valence-corrected chi connectivity index (χ0v) is 12.3. The molecule has 0 unspecified atom stereocenters. The van der Waals surface area contributed by atoms with Gasteiger partial charge in [-0.2, -0.15) is 0 Å². The molecular formula is C10H8Cl2N2O2S2. The fraction of sp³-hybridized carbons (Fsp3) is 0.100. The smallest absolute Gasteiger partial charge is 0.273 e. The van der Waals surface area contributed by atoms with E-state index in [1.807, 2.05) is 0 Å². The van der Waals surface area contributed by atoms with Gasteiger partial charge in [0.25, 0.3) is 10.0 Å². The topological polar surface area (TPSA) is 59.1 Å². The molecule has 0 radical (unpaired) electrons. The van der Waals surface area contributed by atoms with Crippen LogP contribution in [0, 0.1) is 6.92 Å². The molecule has 0 bridgehead atoms. The van der Waals surface area contributed by atoms with Crippen molar-refractivity contribution in [2.24, 2.45) is 0 Å². The third kappa shape index (κ3) is 2.77. The van der Waals surface area contributed by atoms with Gasteiger partial charge in [-0.15, -0.1) is 0 Å². The minimum atomic E-state index is -3.71. The zero-order valence-electron chi connectivity index (χ0n) is 9.15. The summed E-state index contributed by atoms with van der Waals surface area (Å²) in [4.78, 5) is 3.87. The van der Waals surface area contributed by atoms with E-state index in [2.05, 4.69) is 9.71 Å². The molecule has 18 heavy (non-hydrogen) atoms. The summed E-state index contributed by atoms with van der Waals surface area (Å²) in [5.74, 6) is 0. The molecule has 0 saturated heterocycles. The number of benzene rings is 1. The van der Waals surface area contributed by atoms with Crippen molar-refractivity contribution in [2.75, 3.05) is 4.72 Å². The van der Waals surface area contributed by atoms with Crippen LogP contribution in [-0.2, 0) is 10.0 Å². The highest BCUT2D eigenvalue weighted by Crippen LogP contribution is 2.30. The quantitative estimate of drug-likeness (QED) is 0.939. The molecule has 96 valence electrons. The van der Waals surface area contributed by atoms with Crippen molar-refractivity contribution in [3.63, 3.8) is 0 Å². The lowest BCUT2D eigenvalue weighted by molar-refractivity contribution is 0.602. The Balaban J connectivity index is 2.40. The zero-order chi connectivity index (χ0) is 13.3. The lowest BCUT2D eigenvalue weighted by Gasteiger charge is -2.07. The fourth-order valence-electron chi connectivity index (χ4n) is 1.34. The minimum absolute atomic E-state index is 0.0902. The number of aryl methyl sites for hydroxylation is 1. The first-order chi connectivity index (χ1) is 8.40. The van der Waals surface area contributed by atoms with E-state index in [-0.39, 0.29) is 8.68 Å². The highest BCUT2D eigenvalue weighted by Gasteiger charge is 2.22. The Morgan fingerprint density at radius 2 is 1.94 bits per heavy atom. The molecule has 0 atom stereocenters. The van der Waals surface area contributed by atoms with Gasteiger partial charge in [0.2, 0.25) is 0 Å². The van der Waals surface area contributed by atoms with Crippen LogP contribution in [0.1, 0.15) is 5.69 Å². The average molecular weight is 323 g/mol. The Bertz CT molecular complexity index is 683. The maximum atomic E-state index is 12.1. The molecule has 1 aromatic carbocycles. The second-order valence-corrected chi connectivity index (χ2v) is 7.29. The summed E-state index contributed by atoms with van der Waals surface area (Å²) >= 11 is 12.5. The molecule has 0 fully saturated rings. The van der Waals surface area contributed by atoms with E-state index in [9.17, 15) is 8.42 Å². The Labute approximate surface area is 119 Å². The standard InChI is InChI=1S/C10H8Cl2N2O2S2/c1-6-9(17-10(12)13-6)18(15,16)14-8-5-3-2-4-7(8)11/h2-5,14H,1H3. The lowest BCUT2D eigenvalue weighted by atomic mass is 10.3. The second kappa shape index (κ2) is 5.05. The number of anilines is 1. The molecule has 4 nitrogen and oxygen atoms in total. The fourth-order valence-corrected chi connectivity index (χ4v) is 4.39.